The minimum absolute atomic E-state index is 0.00755. The predicted octanol–water partition coefficient (Wildman–Crippen LogP) is 1.20. The number of hydrogen-bond donors (Lipinski definition) is 4. The predicted molar refractivity (Wildman–Crippen MR) is 110 cm³/mol. The third kappa shape index (κ3) is 5.57. The summed E-state index contributed by atoms with van der Waals surface area (Å²) in [5.74, 6) is -2.96. The fourth-order valence-corrected chi connectivity index (χ4v) is 3.57. The van der Waals surface area contributed by atoms with E-state index in [1.54, 1.807) is 18.2 Å². The second-order valence-electron chi connectivity index (χ2n) is 6.62. The molecule has 2 aromatic heterocycles. The molecule has 1 unspecified atom stereocenters. The van der Waals surface area contributed by atoms with E-state index < -0.39 is 33.3 Å². The minimum Gasteiger partial charge on any atom is -0.481 e. The third-order valence-electron chi connectivity index (χ3n) is 4.41. The molecule has 0 radical (unpaired) electrons. The molecular formula is C19H20N4O8S. The Morgan fingerprint density at radius 2 is 1.88 bits per heavy atom. The van der Waals surface area contributed by atoms with Gasteiger partial charge in [-0.2, -0.15) is 13.5 Å². The van der Waals surface area contributed by atoms with Crippen molar-refractivity contribution >= 4 is 33.7 Å². The van der Waals surface area contributed by atoms with Gasteiger partial charge in [0.15, 0.2) is 5.03 Å². The van der Waals surface area contributed by atoms with Crippen molar-refractivity contribution in [2.75, 3.05) is 11.8 Å². The van der Waals surface area contributed by atoms with Crippen molar-refractivity contribution in [3.8, 4) is 0 Å². The number of nitrogens with one attached hydrogen (secondary N) is 2. The first-order valence-corrected chi connectivity index (χ1v) is 10.4. The van der Waals surface area contributed by atoms with Gasteiger partial charge in [-0.1, -0.05) is 18.2 Å². The highest BCUT2D eigenvalue weighted by Gasteiger charge is 2.44. The first kappa shape index (κ1) is 24.3. The molecule has 12 nitrogen and oxygen atoms in total. The smallest absolute Gasteiger partial charge is 0.334 e. The van der Waals surface area contributed by atoms with Gasteiger partial charge >= 0.3 is 17.9 Å². The van der Waals surface area contributed by atoms with Crippen LogP contribution in [0.1, 0.15) is 13.3 Å². The number of anilines is 1. The molecule has 4 N–H and O–H groups in total. The molecule has 0 saturated heterocycles. The van der Waals surface area contributed by atoms with Crippen LogP contribution in [0.15, 0.2) is 65.0 Å². The molecule has 13 heteroatoms. The van der Waals surface area contributed by atoms with E-state index >= 15 is 0 Å². The fourth-order valence-electron chi connectivity index (χ4n) is 2.65. The number of sulfonamides is 1. The maximum absolute atomic E-state index is 11.6. The van der Waals surface area contributed by atoms with E-state index in [9.17, 15) is 22.8 Å². The Labute approximate surface area is 182 Å². The summed E-state index contributed by atoms with van der Waals surface area (Å²) in [5.41, 5.74) is -1.68. The summed E-state index contributed by atoms with van der Waals surface area (Å²) in [5, 5.41) is 23.9. The zero-order valence-electron chi connectivity index (χ0n) is 17.0. The van der Waals surface area contributed by atoms with Crippen LogP contribution in [0.25, 0.3) is 0 Å². The van der Waals surface area contributed by atoms with Gasteiger partial charge in [0, 0.05) is 11.8 Å². The van der Waals surface area contributed by atoms with Gasteiger partial charge in [0.1, 0.15) is 11.2 Å². The molecule has 2 aromatic rings. The molecular weight excluding hydrogens is 444 g/mol. The van der Waals surface area contributed by atoms with Crippen LogP contribution in [-0.2, 0) is 29.1 Å². The molecule has 1 atom stereocenters. The first-order chi connectivity index (χ1) is 15.0. The summed E-state index contributed by atoms with van der Waals surface area (Å²) in [7, 11) is -2.46. The second kappa shape index (κ2) is 9.87. The van der Waals surface area contributed by atoms with Crippen molar-refractivity contribution in [1.29, 1.82) is 0 Å². The van der Waals surface area contributed by atoms with Crippen LogP contribution in [-0.4, -0.2) is 58.8 Å². The second-order valence-corrected chi connectivity index (χ2v) is 8.28. The summed E-state index contributed by atoms with van der Waals surface area (Å²) in [4.78, 5) is 37.3. The van der Waals surface area contributed by atoms with E-state index in [0.717, 1.165) is 7.11 Å². The number of carbonyl (C=O) groups excluding carboxylic acids is 1. The summed E-state index contributed by atoms with van der Waals surface area (Å²) >= 11 is 0. The number of aliphatic carboxylic acids is 2. The lowest BCUT2D eigenvalue weighted by molar-refractivity contribution is -0.150. The van der Waals surface area contributed by atoms with Gasteiger partial charge in [0.2, 0.25) is 0 Å². The highest BCUT2D eigenvalue weighted by molar-refractivity contribution is 7.92. The summed E-state index contributed by atoms with van der Waals surface area (Å²) in [6.07, 6.45) is 5.03. The first-order valence-electron chi connectivity index (χ1n) is 8.91. The quantitative estimate of drug-likeness (QED) is 0.452. The van der Waals surface area contributed by atoms with Gasteiger partial charge in [-0.15, -0.1) is 0 Å². The molecule has 2 heterocycles. The van der Waals surface area contributed by atoms with Crippen molar-refractivity contribution in [3.63, 3.8) is 0 Å². The molecule has 3 rings (SSSR count). The lowest BCUT2D eigenvalue weighted by Crippen LogP contribution is -2.36. The molecule has 0 aromatic carbocycles. The molecule has 0 amide bonds. The highest BCUT2D eigenvalue weighted by Crippen LogP contribution is 2.38. The molecule has 0 aliphatic heterocycles. The maximum Gasteiger partial charge on any atom is 0.334 e. The third-order valence-corrected chi connectivity index (χ3v) is 5.69. The van der Waals surface area contributed by atoms with E-state index in [4.69, 9.17) is 10.2 Å². The zero-order chi connectivity index (χ0) is 23.9. The Morgan fingerprint density at radius 3 is 2.38 bits per heavy atom. The number of allylic oxidation sites excluding steroid dienone is 2. The average Bonchev–Trinajstić information content (AvgIpc) is 3.30. The number of esters is 1. The lowest BCUT2D eigenvalue weighted by Gasteiger charge is -2.28. The van der Waals surface area contributed by atoms with E-state index in [2.05, 4.69) is 24.6 Å². The van der Waals surface area contributed by atoms with Crippen molar-refractivity contribution in [3.05, 3.63) is 60.0 Å². The number of methoxy groups -OCH3 is 1. The number of aromatic nitrogens is 3. The van der Waals surface area contributed by atoms with Gasteiger partial charge in [-0.3, -0.25) is 14.6 Å². The number of carbonyl (C=O) groups is 3. The zero-order valence-corrected chi connectivity index (χ0v) is 17.8. The van der Waals surface area contributed by atoms with Crippen LogP contribution in [0.4, 0.5) is 5.82 Å². The highest BCUT2D eigenvalue weighted by atomic mass is 32.2. The number of nitrogens with zero attached hydrogens (tertiary/aromatic N) is 2. The van der Waals surface area contributed by atoms with Crippen LogP contribution in [0.5, 0.6) is 0 Å². The van der Waals surface area contributed by atoms with Crippen LogP contribution in [0, 0.1) is 5.41 Å². The van der Waals surface area contributed by atoms with Gasteiger partial charge in [-0.25, -0.2) is 14.6 Å². The Kier molecular flexibility index (Phi) is 7.49. The van der Waals surface area contributed by atoms with E-state index in [1.165, 1.54) is 37.5 Å². The number of hydrogen-bond acceptors (Lipinski definition) is 8. The Bertz CT molecular complexity index is 1160. The Balaban J connectivity index is 0.000000228. The van der Waals surface area contributed by atoms with Gasteiger partial charge in [-0.05, 0) is 31.5 Å². The number of H-pyrrole nitrogens is 1. The van der Waals surface area contributed by atoms with Crippen LogP contribution in [0.3, 0.4) is 0 Å². The van der Waals surface area contributed by atoms with E-state index in [0.29, 0.717) is 0 Å². The summed E-state index contributed by atoms with van der Waals surface area (Å²) in [6, 6.07) is 6.32. The molecule has 0 spiro atoms. The summed E-state index contributed by atoms with van der Waals surface area (Å²) in [6.45, 7) is 1.30. The van der Waals surface area contributed by atoms with Gasteiger partial charge in [0.25, 0.3) is 10.0 Å². The van der Waals surface area contributed by atoms with E-state index in [1.807, 2.05) is 0 Å². The van der Waals surface area contributed by atoms with Crippen molar-refractivity contribution in [1.82, 2.24) is 15.2 Å². The molecule has 32 heavy (non-hydrogen) atoms. The SMILES string of the molecule is COC(=O)C1=CC=C(C(=O)O)CC1(C)C(=O)O.O=S(=O)(Nc1ccccn1)c1ccn[nH]1. The maximum atomic E-state index is 11.6. The average molecular weight is 464 g/mol. The monoisotopic (exact) mass is 464 g/mol. The number of carboxylic acids is 2. The molecule has 170 valence electrons. The normalized spacial score (nSPS) is 17.7. The number of ether oxygens (including phenoxy) is 1. The standard InChI is InChI=1S/C11H12O6.C8H8N4O2S/c1-11(10(15)16)5-6(8(12)13)3-4-7(11)9(14)17-2;13-15(14,8-4-6-10-11-8)12-7-3-1-2-5-9-7/h3-4H,5H2,1-2H3,(H,12,13)(H,15,16);1-6H,(H,9,12)(H,10,11). The molecule has 0 saturated carbocycles. The number of aromatic amines is 1. The number of rotatable bonds is 6. The molecule has 1 aliphatic carbocycles. The van der Waals surface area contributed by atoms with Crippen LogP contribution < -0.4 is 4.72 Å². The molecule has 1 aliphatic rings. The van der Waals surface area contributed by atoms with Crippen molar-refractivity contribution in [2.45, 2.75) is 18.4 Å². The number of pyridine rings is 1. The lowest BCUT2D eigenvalue weighted by atomic mass is 9.73. The van der Waals surface area contributed by atoms with Gasteiger partial charge < -0.3 is 14.9 Å². The fraction of sp³-hybridized carbons (Fsp3) is 0.211. The van der Waals surface area contributed by atoms with Crippen LogP contribution in [0.2, 0.25) is 0 Å². The van der Waals surface area contributed by atoms with E-state index in [-0.39, 0.29) is 28.4 Å². The topological polar surface area (TPSA) is 189 Å². The molecule has 0 fully saturated rings. The molecule has 0 bridgehead atoms. The minimum atomic E-state index is -3.60. The Morgan fingerprint density at radius 1 is 1.16 bits per heavy atom. The summed E-state index contributed by atoms with van der Waals surface area (Å²) < 4.78 is 30.1. The Hall–Kier alpha value is -4.00. The van der Waals surface area contributed by atoms with Gasteiger partial charge in [0.05, 0.1) is 18.9 Å². The largest absolute Gasteiger partial charge is 0.481 e. The number of carboxylic acid groups (broad SMARTS) is 2. The van der Waals surface area contributed by atoms with Crippen LogP contribution >= 0.6 is 0 Å². The van der Waals surface area contributed by atoms with Crippen molar-refractivity contribution < 1.29 is 37.8 Å². The van der Waals surface area contributed by atoms with Crippen molar-refractivity contribution in [2.24, 2.45) is 5.41 Å².